The van der Waals surface area contributed by atoms with E-state index in [1.807, 2.05) is 31.2 Å². The maximum atomic E-state index is 14.9. The lowest BCUT2D eigenvalue weighted by atomic mass is 10.0. The van der Waals surface area contributed by atoms with Gasteiger partial charge in [0.15, 0.2) is 11.6 Å². The largest absolute Gasteiger partial charge is 0.494 e. The summed E-state index contributed by atoms with van der Waals surface area (Å²) < 4.78 is 35.2. The minimum absolute atomic E-state index is 0.180. The molecular formula is C18H12F2OS. The average Bonchev–Trinajstić information content (AvgIpc) is 2.89. The van der Waals surface area contributed by atoms with Crippen molar-refractivity contribution in [3.05, 3.63) is 53.6 Å². The number of rotatable bonds is 1. The van der Waals surface area contributed by atoms with Crippen LogP contribution in [-0.4, -0.2) is 7.11 Å². The quantitative estimate of drug-likeness (QED) is 0.431. The molecule has 4 aromatic rings. The SMILES string of the molecule is COc1ccc2c(sc3c(F)c4cc(C)ccc4cc32)c1F. The number of halogens is 2. The summed E-state index contributed by atoms with van der Waals surface area (Å²) in [5.74, 6) is -0.531. The van der Waals surface area contributed by atoms with Gasteiger partial charge in [0.1, 0.15) is 5.82 Å². The van der Waals surface area contributed by atoms with Crippen molar-refractivity contribution in [1.29, 1.82) is 0 Å². The minimum atomic E-state index is -0.430. The molecule has 1 nitrogen and oxygen atoms in total. The van der Waals surface area contributed by atoms with Crippen LogP contribution in [0.2, 0.25) is 0 Å². The van der Waals surface area contributed by atoms with E-state index in [2.05, 4.69) is 0 Å². The molecule has 0 radical (unpaired) electrons. The van der Waals surface area contributed by atoms with E-state index < -0.39 is 5.82 Å². The Kier molecular flexibility index (Phi) is 2.84. The Morgan fingerprint density at radius 1 is 0.864 bits per heavy atom. The molecule has 0 saturated carbocycles. The molecular weight excluding hydrogens is 302 g/mol. The van der Waals surface area contributed by atoms with Gasteiger partial charge in [0.25, 0.3) is 0 Å². The summed E-state index contributed by atoms with van der Waals surface area (Å²) in [5.41, 5.74) is 1.000. The minimum Gasteiger partial charge on any atom is -0.494 e. The molecule has 110 valence electrons. The molecule has 0 bridgehead atoms. The first-order chi connectivity index (χ1) is 10.6. The zero-order chi connectivity index (χ0) is 15.4. The van der Waals surface area contributed by atoms with Crippen LogP contribution in [0.1, 0.15) is 5.56 Å². The smallest absolute Gasteiger partial charge is 0.182 e. The van der Waals surface area contributed by atoms with E-state index in [1.165, 1.54) is 7.11 Å². The summed E-state index contributed by atoms with van der Waals surface area (Å²) in [5, 5.41) is 2.87. The molecule has 0 fully saturated rings. The summed E-state index contributed by atoms with van der Waals surface area (Å²) in [6, 6.07) is 11.0. The molecule has 0 amide bonds. The van der Waals surface area contributed by atoms with Gasteiger partial charge in [0.05, 0.1) is 16.5 Å². The van der Waals surface area contributed by atoms with Gasteiger partial charge in [-0.2, -0.15) is 0 Å². The third-order valence-corrected chi connectivity index (χ3v) is 5.17. The molecule has 0 saturated heterocycles. The number of methoxy groups -OCH3 is 1. The van der Waals surface area contributed by atoms with E-state index in [0.717, 1.165) is 33.1 Å². The predicted octanol–water partition coefficient (Wildman–Crippen LogP) is 5.80. The Morgan fingerprint density at radius 2 is 1.64 bits per heavy atom. The van der Waals surface area contributed by atoms with Crippen LogP contribution < -0.4 is 4.74 Å². The number of thiophene rings is 1. The van der Waals surface area contributed by atoms with Gasteiger partial charge in [-0.05, 0) is 36.6 Å². The number of aryl methyl sites for hydroxylation is 1. The maximum absolute atomic E-state index is 14.9. The second kappa shape index (κ2) is 4.65. The summed E-state index contributed by atoms with van der Waals surface area (Å²) in [7, 11) is 1.43. The third-order valence-electron chi connectivity index (χ3n) is 3.96. The van der Waals surface area contributed by atoms with E-state index in [4.69, 9.17) is 4.74 Å². The van der Waals surface area contributed by atoms with Crippen molar-refractivity contribution in [1.82, 2.24) is 0 Å². The predicted molar refractivity (Wildman–Crippen MR) is 88.0 cm³/mol. The van der Waals surface area contributed by atoms with Crippen molar-refractivity contribution < 1.29 is 13.5 Å². The topological polar surface area (TPSA) is 9.23 Å². The normalized spacial score (nSPS) is 11.6. The van der Waals surface area contributed by atoms with Crippen molar-refractivity contribution in [2.45, 2.75) is 6.92 Å². The van der Waals surface area contributed by atoms with Gasteiger partial charge < -0.3 is 4.74 Å². The van der Waals surface area contributed by atoms with Crippen LogP contribution in [0.3, 0.4) is 0 Å². The monoisotopic (exact) mass is 314 g/mol. The fourth-order valence-electron chi connectivity index (χ4n) is 2.86. The van der Waals surface area contributed by atoms with Crippen molar-refractivity contribution >= 4 is 42.3 Å². The van der Waals surface area contributed by atoms with Crippen LogP contribution in [0, 0.1) is 18.6 Å². The summed E-state index contributed by atoms with van der Waals surface area (Å²) >= 11 is 1.14. The molecule has 3 aromatic carbocycles. The highest BCUT2D eigenvalue weighted by Gasteiger charge is 2.17. The number of ether oxygens (including phenoxy) is 1. The molecule has 0 aliphatic heterocycles. The summed E-state index contributed by atoms with van der Waals surface area (Å²) in [6.07, 6.45) is 0. The van der Waals surface area contributed by atoms with E-state index >= 15 is 0 Å². The van der Waals surface area contributed by atoms with Crippen molar-refractivity contribution in [3.63, 3.8) is 0 Å². The Morgan fingerprint density at radius 3 is 2.41 bits per heavy atom. The second-order valence-corrected chi connectivity index (χ2v) is 6.37. The van der Waals surface area contributed by atoms with Gasteiger partial charge in [0.2, 0.25) is 0 Å². The average molecular weight is 314 g/mol. The van der Waals surface area contributed by atoms with Gasteiger partial charge in [-0.15, -0.1) is 11.3 Å². The van der Waals surface area contributed by atoms with E-state index in [-0.39, 0.29) is 11.6 Å². The Hall–Kier alpha value is -2.20. The Labute approximate surface area is 129 Å². The molecule has 22 heavy (non-hydrogen) atoms. The highest BCUT2D eigenvalue weighted by molar-refractivity contribution is 7.26. The van der Waals surface area contributed by atoms with Gasteiger partial charge in [0, 0.05) is 16.2 Å². The molecule has 4 rings (SSSR count). The first kappa shape index (κ1) is 13.5. The molecule has 1 aromatic heterocycles. The molecule has 0 atom stereocenters. The number of hydrogen-bond donors (Lipinski definition) is 0. The van der Waals surface area contributed by atoms with Crippen molar-refractivity contribution in [2.24, 2.45) is 0 Å². The fourth-order valence-corrected chi connectivity index (χ4v) is 4.02. The first-order valence-electron chi connectivity index (χ1n) is 6.87. The maximum Gasteiger partial charge on any atom is 0.182 e. The molecule has 0 aliphatic carbocycles. The van der Waals surface area contributed by atoms with Crippen molar-refractivity contribution in [2.75, 3.05) is 7.11 Å². The van der Waals surface area contributed by atoms with Crippen LogP contribution in [0.25, 0.3) is 30.9 Å². The number of hydrogen-bond acceptors (Lipinski definition) is 2. The summed E-state index contributed by atoms with van der Waals surface area (Å²) in [6.45, 7) is 1.93. The Balaban J connectivity index is 2.21. The number of fused-ring (bicyclic) bond motifs is 4. The lowest BCUT2D eigenvalue weighted by Gasteiger charge is -2.03. The highest BCUT2D eigenvalue weighted by atomic mass is 32.1. The zero-order valence-corrected chi connectivity index (χ0v) is 12.9. The van der Waals surface area contributed by atoms with Crippen LogP contribution in [-0.2, 0) is 0 Å². The van der Waals surface area contributed by atoms with E-state index in [0.29, 0.717) is 14.8 Å². The van der Waals surface area contributed by atoms with E-state index in [9.17, 15) is 8.78 Å². The van der Waals surface area contributed by atoms with E-state index in [1.54, 1.807) is 12.1 Å². The standard InChI is InChI=1S/C18H12F2OS/c1-9-3-4-10-8-13-11-5-6-14(21-2)16(20)17(11)22-18(13)15(19)12(10)7-9/h3-8H,1-2H3. The molecule has 4 heteroatoms. The van der Waals surface area contributed by atoms with Gasteiger partial charge >= 0.3 is 0 Å². The first-order valence-corrected chi connectivity index (χ1v) is 7.69. The molecule has 0 aliphatic rings. The molecule has 1 heterocycles. The van der Waals surface area contributed by atoms with Crippen molar-refractivity contribution in [3.8, 4) is 5.75 Å². The van der Waals surface area contributed by atoms with Crippen LogP contribution in [0.5, 0.6) is 5.75 Å². The molecule has 0 spiro atoms. The van der Waals surface area contributed by atoms with Gasteiger partial charge in [-0.1, -0.05) is 17.7 Å². The highest BCUT2D eigenvalue weighted by Crippen LogP contribution is 2.41. The molecule has 0 unspecified atom stereocenters. The van der Waals surface area contributed by atoms with Gasteiger partial charge in [-0.25, -0.2) is 8.78 Å². The zero-order valence-electron chi connectivity index (χ0n) is 12.0. The van der Waals surface area contributed by atoms with Crippen LogP contribution >= 0.6 is 11.3 Å². The Bertz CT molecular complexity index is 1050. The lowest BCUT2D eigenvalue weighted by molar-refractivity contribution is 0.389. The van der Waals surface area contributed by atoms with Crippen LogP contribution in [0.4, 0.5) is 8.78 Å². The van der Waals surface area contributed by atoms with Crippen LogP contribution in [0.15, 0.2) is 36.4 Å². The molecule has 0 N–H and O–H groups in total. The fraction of sp³-hybridized carbons (Fsp3) is 0.111. The lowest BCUT2D eigenvalue weighted by Crippen LogP contribution is -1.86. The second-order valence-electron chi connectivity index (χ2n) is 5.35. The third kappa shape index (κ3) is 1.74. The van der Waals surface area contributed by atoms with Gasteiger partial charge in [-0.3, -0.25) is 0 Å². The summed E-state index contributed by atoms with van der Waals surface area (Å²) in [4.78, 5) is 0. The number of benzene rings is 3.